The highest BCUT2D eigenvalue weighted by molar-refractivity contribution is 14.0. The summed E-state index contributed by atoms with van der Waals surface area (Å²) < 4.78 is 4.37. The van der Waals surface area contributed by atoms with Gasteiger partial charge in [0, 0.05) is 64.3 Å². The van der Waals surface area contributed by atoms with Crippen LogP contribution < -0.4 is 15.5 Å². The molecule has 1 fully saturated rings. The molecule has 0 bridgehead atoms. The SMILES string of the molecule is CCc1nsc(N2CCN(C(=NC)NCCNC(=O)c3scnc3C)CC2)n1.I. The summed E-state index contributed by atoms with van der Waals surface area (Å²) in [5.41, 5.74) is 2.46. The molecule has 3 rings (SSSR count). The van der Waals surface area contributed by atoms with Crippen LogP contribution in [-0.4, -0.2) is 77.4 Å². The van der Waals surface area contributed by atoms with Gasteiger partial charge in [-0.15, -0.1) is 35.3 Å². The number of nitrogens with zero attached hydrogens (tertiary/aromatic N) is 6. The number of aliphatic imine (C=N–C) groups is 1. The zero-order chi connectivity index (χ0) is 19.9. The van der Waals surface area contributed by atoms with Gasteiger partial charge in [0.2, 0.25) is 5.13 Å². The number of hydrogen-bond donors (Lipinski definition) is 2. The molecular formula is C17H27IN8OS2. The van der Waals surface area contributed by atoms with Crippen LogP contribution in [0.3, 0.4) is 0 Å². The average molecular weight is 550 g/mol. The molecule has 0 saturated carbocycles. The smallest absolute Gasteiger partial charge is 0.263 e. The lowest BCUT2D eigenvalue weighted by molar-refractivity contribution is 0.0957. The lowest BCUT2D eigenvalue weighted by Gasteiger charge is -2.36. The monoisotopic (exact) mass is 550 g/mol. The van der Waals surface area contributed by atoms with Crippen molar-refractivity contribution in [3.05, 3.63) is 21.9 Å². The zero-order valence-electron chi connectivity index (χ0n) is 16.8. The van der Waals surface area contributed by atoms with Crippen molar-refractivity contribution in [3.63, 3.8) is 0 Å². The van der Waals surface area contributed by atoms with Gasteiger partial charge in [-0.2, -0.15) is 4.37 Å². The Morgan fingerprint density at radius 1 is 1.24 bits per heavy atom. The summed E-state index contributed by atoms with van der Waals surface area (Å²) in [6.45, 7) is 8.57. The molecule has 29 heavy (non-hydrogen) atoms. The number of aryl methyl sites for hydroxylation is 2. The van der Waals surface area contributed by atoms with Crippen molar-refractivity contribution in [3.8, 4) is 0 Å². The number of rotatable bonds is 6. The second kappa shape index (κ2) is 11.6. The van der Waals surface area contributed by atoms with Gasteiger partial charge in [0.1, 0.15) is 10.7 Å². The molecule has 2 N–H and O–H groups in total. The maximum atomic E-state index is 12.1. The number of aromatic nitrogens is 3. The predicted octanol–water partition coefficient (Wildman–Crippen LogP) is 1.61. The molecule has 1 aliphatic rings. The number of nitrogens with one attached hydrogen (secondary N) is 2. The molecule has 1 saturated heterocycles. The van der Waals surface area contributed by atoms with Crippen LogP contribution in [0.4, 0.5) is 5.13 Å². The van der Waals surface area contributed by atoms with Crippen molar-refractivity contribution in [1.29, 1.82) is 0 Å². The molecular weight excluding hydrogens is 523 g/mol. The number of piperazine rings is 1. The standard InChI is InChI=1S/C17H26N8OS2.HI/c1-4-13-22-17(28-23-13)25-9-7-24(8-10-25)16(18-3)20-6-5-19-15(26)14-12(2)21-11-27-14;/h11H,4-10H2,1-3H3,(H,18,20)(H,19,26);1H. The van der Waals surface area contributed by atoms with Gasteiger partial charge in [-0.3, -0.25) is 9.79 Å². The first-order chi connectivity index (χ1) is 13.6. The fourth-order valence-electron chi connectivity index (χ4n) is 2.91. The van der Waals surface area contributed by atoms with Gasteiger partial charge < -0.3 is 20.4 Å². The Morgan fingerprint density at radius 3 is 2.55 bits per heavy atom. The van der Waals surface area contributed by atoms with Gasteiger partial charge >= 0.3 is 0 Å². The molecule has 0 spiro atoms. The number of thiazole rings is 1. The van der Waals surface area contributed by atoms with Gasteiger partial charge in [-0.05, 0) is 6.92 Å². The highest BCUT2D eigenvalue weighted by Crippen LogP contribution is 2.19. The summed E-state index contributed by atoms with van der Waals surface area (Å²) in [5, 5.41) is 7.25. The van der Waals surface area contributed by atoms with Crippen molar-refractivity contribution >= 4 is 63.8 Å². The molecule has 0 aliphatic carbocycles. The van der Waals surface area contributed by atoms with Crippen molar-refractivity contribution < 1.29 is 4.79 Å². The van der Waals surface area contributed by atoms with Crippen LogP contribution in [0.2, 0.25) is 0 Å². The molecule has 3 heterocycles. The first kappa shape index (κ1) is 23.7. The van der Waals surface area contributed by atoms with Crippen molar-refractivity contribution in [2.45, 2.75) is 20.3 Å². The van der Waals surface area contributed by atoms with E-state index in [2.05, 4.69) is 46.7 Å². The van der Waals surface area contributed by atoms with E-state index in [0.717, 1.165) is 55.2 Å². The number of amides is 1. The minimum Gasteiger partial charge on any atom is -0.354 e. The number of halogens is 1. The van der Waals surface area contributed by atoms with Crippen LogP contribution in [0.1, 0.15) is 28.1 Å². The van der Waals surface area contributed by atoms with Gasteiger partial charge in [0.15, 0.2) is 5.96 Å². The highest BCUT2D eigenvalue weighted by atomic mass is 127. The fourth-order valence-corrected chi connectivity index (χ4v) is 4.43. The summed E-state index contributed by atoms with van der Waals surface area (Å²) in [6.07, 6.45) is 0.867. The van der Waals surface area contributed by atoms with E-state index < -0.39 is 0 Å². The van der Waals surface area contributed by atoms with Gasteiger partial charge in [-0.1, -0.05) is 6.92 Å². The van der Waals surface area contributed by atoms with Gasteiger partial charge in [0.05, 0.1) is 11.2 Å². The van der Waals surface area contributed by atoms with Crippen LogP contribution in [0.5, 0.6) is 0 Å². The summed E-state index contributed by atoms with van der Waals surface area (Å²) in [7, 11) is 1.78. The topological polar surface area (TPSA) is 98.6 Å². The molecule has 0 unspecified atom stereocenters. The van der Waals surface area contributed by atoms with E-state index in [9.17, 15) is 4.79 Å². The summed E-state index contributed by atoms with van der Waals surface area (Å²) >= 11 is 2.83. The molecule has 0 aromatic carbocycles. The third-order valence-corrected chi connectivity index (χ3v) is 6.22. The third kappa shape index (κ3) is 6.22. The maximum absolute atomic E-state index is 12.1. The Labute approximate surface area is 196 Å². The van der Waals surface area contributed by atoms with Crippen LogP contribution >= 0.6 is 46.8 Å². The Morgan fingerprint density at radius 2 is 1.97 bits per heavy atom. The minimum absolute atomic E-state index is 0. The average Bonchev–Trinajstić information content (AvgIpc) is 3.37. The van der Waals surface area contributed by atoms with E-state index in [1.807, 2.05) is 6.92 Å². The molecule has 1 aliphatic heterocycles. The predicted molar refractivity (Wildman–Crippen MR) is 129 cm³/mol. The van der Waals surface area contributed by atoms with Gasteiger partial charge in [0.25, 0.3) is 5.91 Å². The van der Waals surface area contributed by atoms with Crippen LogP contribution in [-0.2, 0) is 6.42 Å². The largest absolute Gasteiger partial charge is 0.354 e. The molecule has 0 atom stereocenters. The van der Waals surface area contributed by atoms with Crippen molar-refractivity contribution in [2.24, 2.45) is 4.99 Å². The number of carbonyl (C=O) groups excluding carboxylic acids is 1. The number of carbonyl (C=O) groups is 1. The lowest BCUT2D eigenvalue weighted by atomic mass is 10.3. The first-order valence-electron chi connectivity index (χ1n) is 9.33. The van der Waals surface area contributed by atoms with E-state index >= 15 is 0 Å². The molecule has 1 amide bonds. The Bertz CT molecular complexity index is 816. The van der Waals surface area contributed by atoms with Crippen LogP contribution in [0, 0.1) is 6.92 Å². The van der Waals surface area contributed by atoms with Crippen molar-refractivity contribution in [2.75, 3.05) is 51.2 Å². The first-order valence-corrected chi connectivity index (χ1v) is 11.0. The van der Waals surface area contributed by atoms with E-state index in [-0.39, 0.29) is 29.9 Å². The molecule has 2 aromatic heterocycles. The second-order valence-electron chi connectivity index (χ2n) is 6.32. The normalized spacial score (nSPS) is 14.5. The minimum atomic E-state index is -0.0751. The second-order valence-corrected chi connectivity index (χ2v) is 7.90. The van der Waals surface area contributed by atoms with Crippen LogP contribution in [0.15, 0.2) is 10.5 Å². The number of hydrogen-bond acceptors (Lipinski definition) is 8. The number of guanidine groups is 1. The lowest BCUT2D eigenvalue weighted by Crippen LogP contribution is -2.53. The Kier molecular flexibility index (Phi) is 9.49. The zero-order valence-corrected chi connectivity index (χ0v) is 20.8. The summed E-state index contributed by atoms with van der Waals surface area (Å²) in [5.74, 6) is 1.69. The summed E-state index contributed by atoms with van der Waals surface area (Å²) in [4.78, 5) is 30.3. The van der Waals surface area contributed by atoms with E-state index in [1.165, 1.54) is 22.9 Å². The van der Waals surface area contributed by atoms with Gasteiger partial charge in [-0.25, -0.2) is 9.97 Å². The Balaban J connectivity index is 0.00000300. The third-order valence-electron chi connectivity index (χ3n) is 4.48. The fraction of sp³-hybridized carbons (Fsp3) is 0.588. The molecule has 160 valence electrons. The molecule has 2 aromatic rings. The molecule has 9 nitrogen and oxygen atoms in total. The van der Waals surface area contributed by atoms with E-state index in [4.69, 9.17) is 0 Å². The Hall–Kier alpha value is -1.54. The highest BCUT2D eigenvalue weighted by Gasteiger charge is 2.22. The summed E-state index contributed by atoms with van der Waals surface area (Å²) in [6, 6.07) is 0. The van der Waals surface area contributed by atoms with Crippen LogP contribution in [0.25, 0.3) is 0 Å². The van der Waals surface area contributed by atoms with E-state index in [1.54, 1.807) is 12.6 Å². The van der Waals surface area contributed by atoms with E-state index in [0.29, 0.717) is 18.0 Å². The van der Waals surface area contributed by atoms with Crippen molar-refractivity contribution in [1.82, 2.24) is 29.9 Å². The molecule has 0 radical (unpaired) electrons. The quantitative estimate of drug-likeness (QED) is 0.244. The molecule has 12 heteroatoms. The number of anilines is 1. The maximum Gasteiger partial charge on any atom is 0.263 e.